The molecule has 1 aliphatic carbocycles. The second-order valence-corrected chi connectivity index (χ2v) is 4.95. The van der Waals surface area contributed by atoms with E-state index in [2.05, 4.69) is 20.8 Å². The van der Waals surface area contributed by atoms with Crippen molar-refractivity contribution < 1.29 is 0 Å². The second kappa shape index (κ2) is 4.27. The van der Waals surface area contributed by atoms with Crippen LogP contribution in [0.3, 0.4) is 0 Å². The van der Waals surface area contributed by atoms with E-state index >= 15 is 0 Å². The molecule has 0 bridgehead atoms. The van der Waals surface area contributed by atoms with Crippen LogP contribution in [0.4, 0.5) is 0 Å². The number of hydrogen-bond acceptors (Lipinski definition) is 1. The Labute approximate surface area is 76.7 Å². The summed E-state index contributed by atoms with van der Waals surface area (Å²) >= 11 is 0. The van der Waals surface area contributed by atoms with E-state index in [4.69, 9.17) is 5.73 Å². The summed E-state index contributed by atoms with van der Waals surface area (Å²) in [5.74, 6) is 2.51. The summed E-state index contributed by atoms with van der Waals surface area (Å²) in [7, 11) is 0. The fraction of sp³-hybridized carbons (Fsp3) is 1.00. The van der Waals surface area contributed by atoms with Crippen LogP contribution in [0.15, 0.2) is 0 Å². The van der Waals surface area contributed by atoms with E-state index in [1.54, 1.807) is 0 Å². The quantitative estimate of drug-likeness (QED) is 0.676. The minimum Gasteiger partial charge on any atom is -0.327 e. The van der Waals surface area contributed by atoms with Crippen LogP contribution in [0.25, 0.3) is 0 Å². The highest BCUT2D eigenvalue weighted by molar-refractivity contribution is 4.80. The first kappa shape index (κ1) is 10.0. The van der Waals surface area contributed by atoms with E-state index in [0.29, 0.717) is 6.04 Å². The molecule has 0 heterocycles. The van der Waals surface area contributed by atoms with Crippen LogP contribution in [0.1, 0.15) is 46.5 Å². The SMILES string of the molecule is CC(C)CC1CCC(C)C(N)C1. The molecule has 1 rings (SSSR count). The van der Waals surface area contributed by atoms with Crippen molar-refractivity contribution in [2.75, 3.05) is 0 Å². The molecule has 1 saturated carbocycles. The van der Waals surface area contributed by atoms with Crippen LogP contribution in [0, 0.1) is 17.8 Å². The molecule has 0 aromatic rings. The predicted molar refractivity (Wildman–Crippen MR) is 53.9 cm³/mol. The molecule has 1 nitrogen and oxygen atoms in total. The van der Waals surface area contributed by atoms with Gasteiger partial charge in [-0.25, -0.2) is 0 Å². The molecule has 0 saturated heterocycles. The van der Waals surface area contributed by atoms with E-state index < -0.39 is 0 Å². The zero-order valence-electron chi connectivity index (χ0n) is 8.72. The van der Waals surface area contributed by atoms with Gasteiger partial charge in [-0.05, 0) is 37.0 Å². The molecule has 1 fully saturated rings. The smallest absolute Gasteiger partial charge is 0.00671 e. The molecule has 0 spiro atoms. The van der Waals surface area contributed by atoms with Gasteiger partial charge in [0.05, 0.1) is 0 Å². The van der Waals surface area contributed by atoms with Crippen molar-refractivity contribution in [3.63, 3.8) is 0 Å². The minimum absolute atomic E-state index is 0.475. The summed E-state index contributed by atoms with van der Waals surface area (Å²) in [5, 5.41) is 0. The van der Waals surface area contributed by atoms with Gasteiger partial charge in [0, 0.05) is 6.04 Å². The molecule has 3 atom stereocenters. The first-order valence-corrected chi connectivity index (χ1v) is 5.35. The molecule has 1 heteroatoms. The molecule has 1 aliphatic rings. The summed E-state index contributed by atoms with van der Waals surface area (Å²) < 4.78 is 0. The summed E-state index contributed by atoms with van der Waals surface area (Å²) in [5.41, 5.74) is 6.04. The molecule has 3 unspecified atom stereocenters. The standard InChI is InChI=1S/C11H23N/c1-8(2)6-10-5-4-9(3)11(12)7-10/h8-11H,4-7,12H2,1-3H3. The topological polar surface area (TPSA) is 26.0 Å². The van der Waals surface area contributed by atoms with E-state index in [0.717, 1.165) is 17.8 Å². The van der Waals surface area contributed by atoms with Crippen molar-refractivity contribution in [1.82, 2.24) is 0 Å². The van der Waals surface area contributed by atoms with Gasteiger partial charge in [0.15, 0.2) is 0 Å². The monoisotopic (exact) mass is 169 g/mol. The maximum atomic E-state index is 6.04. The second-order valence-electron chi connectivity index (χ2n) is 4.95. The first-order chi connectivity index (χ1) is 5.59. The molecule has 0 aromatic carbocycles. The Morgan fingerprint density at radius 1 is 1.33 bits per heavy atom. The van der Waals surface area contributed by atoms with Crippen molar-refractivity contribution in [3.05, 3.63) is 0 Å². The van der Waals surface area contributed by atoms with Gasteiger partial charge in [0.25, 0.3) is 0 Å². The van der Waals surface area contributed by atoms with Crippen LogP contribution in [-0.2, 0) is 0 Å². The Balaban J connectivity index is 2.30. The average Bonchev–Trinajstić information content (AvgIpc) is 1.96. The highest BCUT2D eigenvalue weighted by Gasteiger charge is 2.24. The van der Waals surface area contributed by atoms with Gasteiger partial charge in [0.2, 0.25) is 0 Å². The van der Waals surface area contributed by atoms with E-state index in [1.807, 2.05) is 0 Å². The normalized spacial score (nSPS) is 37.2. The van der Waals surface area contributed by atoms with Crippen LogP contribution < -0.4 is 5.73 Å². The van der Waals surface area contributed by atoms with Crippen molar-refractivity contribution in [2.45, 2.75) is 52.5 Å². The lowest BCUT2D eigenvalue weighted by Crippen LogP contribution is -2.35. The lowest BCUT2D eigenvalue weighted by atomic mass is 9.76. The third-order valence-electron chi connectivity index (χ3n) is 3.17. The van der Waals surface area contributed by atoms with E-state index in [-0.39, 0.29) is 0 Å². The number of nitrogens with two attached hydrogens (primary N) is 1. The Bertz CT molecular complexity index is 131. The fourth-order valence-corrected chi connectivity index (χ4v) is 2.33. The summed E-state index contributed by atoms with van der Waals surface area (Å²) in [6, 6.07) is 0.475. The lowest BCUT2D eigenvalue weighted by molar-refractivity contribution is 0.225. The largest absolute Gasteiger partial charge is 0.327 e. The van der Waals surface area contributed by atoms with Crippen LogP contribution in [0.5, 0.6) is 0 Å². The molecule has 12 heavy (non-hydrogen) atoms. The van der Waals surface area contributed by atoms with Gasteiger partial charge in [-0.15, -0.1) is 0 Å². The average molecular weight is 169 g/mol. The Morgan fingerprint density at radius 2 is 2.00 bits per heavy atom. The molecule has 72 valence electrons. The maximum Gasteiger partial charge on any atom is 0.00671 e. The van der Waals surface area contributed by atoms with Crippen LogP contribution >= 0.6 is 0 Å². The third kappa shape index (κ3) is 2.78. The van der Waals surface area contributed by atoms with Crippen molar-refractivity contribution in [3.8, 4) is 0 Å². The molecule has 0 radical (unpaired) electrons. The Kier molecular flexibility index (Phi) is 3.57. The summed E-state index contributed by atoms with van der Waals surface area (Å²) in [4.78, 5) is 0. The van der Waals surface area contributed by atoms with Crippen LogP contribution in [0.2, 0.25) is 0 Å². The van der Waals surface area contributed by atoms with Gasteiger partial charge < -0.3 is 5.73 Å². The third-order valence-corrected chi connectivity index (χ3v) is 3.17. The zero-order chi connectivity index (χ0) is 9.14. The Hall–Kier alpha value is -0.0400. The maximum absolute atomic E-state index is 6.04. The van der Waals surface area contributed by atoms with Gasteiger partial charge in [0.1, 0.15) is 0 Å². The first-order valence-electron chi connectivity index (χ1n) is 5.35. The molecule has 0 aliphatic heterocycles. The Morgan fingerprint density at radius 3 is 2.50 bits per heavy atom. The van der Waals surface area contributed by atoms with Gasteiger partial charge in [-0.1, -0.05) is 27.2 Å². The number of rotatable bonds is 2. The van der Waals surface area contributed by atoms with Gasteiger partial charge in [-0.2, -0.15) is 0 Å². The zero-order valence-corrected chi connectivity index (χ0v) is 8.72. The van der Waals surface area contributed by atoms with Crippen LogP contribution in [-0.4, -0.2) is 6.04 Å². The molecular formula is C11H23N. The van der Waals surface area contributed by atoms with Crippen molar-refractivity contribution in [2.24, 2.45) is 23.5 Å². The van der Waals surface area contributed by atoms with Gasteiger partial charge >= 0.3 is 0 Å². The number of hydrogen-bond donors (Lipinski definition) is 1. The van der Waals surface area contributed by atoms with E-state index in [9.17, 15) is 0 Å². The summed E-state index contributed by atoms with van der Waals surface area (Å²) in [6.07, 6.45) is 5.39. The molecule has 0 aromatic heterocycles. The molecule has 2 N–H and O–H groups in total. The minimum atomic E-state index is 0.475. The molecular weight excluding hydrogens is 146 g/mol. The highest BCUT2D eigenvalue weighted by Crippen LogP contribution is 2.31. The van der Waals surface area contributed by atoms with E-state index in [1.165, 1.54) is 25.7 Å². The van der Waals surface area contributed by atoms with Crippen molar-refractivity contribution in [1.29, 1.82) is 0 Å². The predicted octanol–water partition coefficient (Wildman–Crippen LogP) is 2.80. The molecule has 0 amide bonds. The summed E-state index contributed by atoms with van der Waals surface area (Å²) in [6.45, 7) is 6.91. The van der Waals surface area contributed by atoms with Crippen molar-refractivity contribution >= 4 is 0 Å². The van der Waals surface area contributed by atoms with Gasteiger partial charge in [-0.3, -0.25) is 0 Å². The highest BCUT2D eigenvalue weighted by atomic mass is 14.7. The lowest BCUT2D eigenvalue weighted by Gasteiger charge is -2.32. The fourth-order valence-electron chi connectivity index (χ4n) is 2.33.